The molecule has 0 aliphatic rings. The van der Waals surface area contributed by atoms with Crippen LogP contribution in [0.4, 0.5) is 5.69 Å². The van der Waals surface area contributed by atoms with Crippen LogP contribution in [-0.4, -0.2) is 17.8 Å². The second kappa shape index (κ2) is 9.71. The monoisotopic (exact) mass is 423 g/mol. The van der Waals surface area contributed by atoms with Gasteiger partial charge < -0.3 is 9.47 Å². The number of nitro groups is 1. The Morgan fingerprint density at radius 3 is 2.50 bits per heavy atom. The van der Waals surface area contributed by atoms with Crippen molar-refractivity contribution in [1.29, 1.82) is 0 Å². The summed E-state index contributed by atoms with van der Waals surface area (Å²) in [6, 6.07) is 18.2. The fraction of sp³-hybridized carbons (Fsp3) is 0.0870. The highest BCUT2D eigenvalue weighted by Gasteiger charge is 2.14. The lowest BCUT2D eigenvalue weighted by atomic mass is 10.1. The van der Waals surface area contributed by atoms with Gasteiger partial charge in [0.2, 0.25) is 0 Å². The Morgan fingerprint density at radius 1 is 1.07 bits per heavy atom. The second-order valence-corrected chi connectivity index (χ2v) is 6.73. The standard InChI is InChI=1S/C23H18ClNO5/c1-29-22-13-7-16(6-12-21(26)17-8-10-19(24)11-9-17)14-18(22)15-30-23-5-3-2-4-20(23)25(27)28/h2-14H,15H2,1H3/b12-6+. The summed E-state index contributed by atoms with van der Waals surface area (Å²) in [5.41, 5.74) is 1.88. The van der Waals surface area contributed by atoms with Crippen LogP contribution in [0.25, 0.3) is 6.08 Å². The SMILES string of the molecule is COc1ccc(/C=C/C(=O)c2ccc(Cl)cc2)cc1COc1ccccc1[N+](=O)[O-]. The molecule has 152 valence electrons. The van der Waals surface area contributed by atoms with E-state index in [1.165, 1.54) is 19.3 Å². The van der Waals surface area contributed by atoms with Gasteiger partial charge in [-0.3, -0.25) is 14.9 Å². The van der Waals surface area contributed by atoms with Gasteiger partial charge in [-0.05, 0) is 54.1 Å². The molecule has 3 aromatic carbocycles. The average molecular weight is 424 g/mol. The number of nitrogens with zero attached hydrogens (tertiary/aromatic N) is 1. The molecule has 0 N–H and O–H groups in total. The van der Waals surface area contributed by atoms with Crippen molar-refractivity contribution in [2.24, 2.45) is 0 Å². The van der Waals surface area contributed by atoms with Crippen LogP contribution >= 0.6 is 11.6 Å². The molecule has 0 saturated carbocycles. The molecule has 0 amide bonds. The van der Waals surface area contributed by atoms with Crippen LogP contribution in [0, 0.1) is 10.1 Å². The minimum absolute atomic E-state index is 0.0703. The summed E-state index contributed by atoms with van der Waals surface area (Å²) in [6.45, 7) is 0.0703. The van der Waals surface area contributed by atoms with Crippen molar-refractivity contribution in [1.82, 2.24) is 0 Å². The Balaban J connectivity index is 1.77. The lowest BCUT2D eigenvalue weighted by Gasteiger charge is -2.11. The van der Waals surface area contributed by atoms with Crippen molar-refractivity contribution in [2.75, 3.05) is 7.11 Å². The number of hydrogen-bond acceptors (Lipinski definition) is 5. The molecule has 0 aliphatic carbocycles. The molecule has 0 bridgehead atoms. The first-order chi connectivity index (χ1) is 14.5. The summed E-state index contributed by atoms with van der Waals surface area (Å²) in [6.07, 6.45) is 3.16. The van der Waals surface area contributed by atoms with E-state index in [9.17, 15) is 14.9 Å². The molecule has 0 radical (unpaired) electrons. The number of ether oxygens (including phenoxy) is 2. The number of carbonyl (C=O) groups excluding carboxylic acids is 1. The van der Waals surface area contributed by atoms with Crippen molar-refractivity contribution < 1.29 is 19.2 Å². The molecule has 0 aliphatic heterocycles. The minimum Gasteiger partial charge on any atom is -0.496 e. The van der Waals surface area contributed by atoms with Gasteiger partial charge in [0.15, 0.2) is 11.5 Å². The first-order valence-corrected chi connectivity index (χ1v) is 9.37. The molecule has 0 aromatic heterocycles. The molecule has 3 rings (SSSR count). The summed E-state index contributed by atoms with van der Waals surface area (Å²) in [5.74, 6) is 0.596. The fourth-order valence-electron chi connectivity index (χ4n) is 2.78. The summed E-state index contributed by atoms with van der Waals surface area (Å²) in [5, 5.41) is 11.7. The van der Waals surface area contributed by atoms with Crippen molar-refractivity contribution in [3.05, 3.63) is 105 Å². The van der Waals surface area contributed by atoms with E-state index in [0.717, 1.165) is 5.56 Å². The maximum atomic E-state index is 12.3. The van der Waals surface area contributed by atoms with Gasteiger partial charge >= 0.3 is 5.69 Å². The highest BCUT2D eigenvalue weighted by molar-refractivity contribution is 6.30. The smallest absolute Gasteiger partial charge is 0.310 e. The number of benzene rings is 3. The molecule has 0 saturated heterocycles. The van der Waals surface area contributed by atoms with Crippen LogP contribution in [0.3, 0.4) is 0 Å². The lowest BCUT2D eigenvalue weighted by Crippen LogP contribution is -2.01. The van der Waals surface area contributed by atoms with Gasteiger partial charge in [-0.2, -0.15) is 0 Å². The van der Waals surface area contributed by atoms with E-state index in [1.807, 2.05) is 0 Å². The Kier molecular flexibility index (Phi) is 6.83. The van der Waals surface area contributed by atoms with E-state index < -0.39 is 4.92 Å². The zero-order chi connectivity index (χ0) is 21.5. The molecular formula is C23H18ClNO5. The molecule has 0 unspecified atom stereocenters. The molecular weight excluding hydrogens is 406 g/mol. The number of hydrogen-bond donors (Lipinski definition) is 0. The van der Waals surface area contributed by atoms with Crippen molar-refractivity contribution in [3.8, 4) is 11.5 Å². The fourth-order valence-corrected chi connectivity index (χ4v) is 2.91. The number of ketones is 1. The number of methoxy groups -OCH3 is 1. The van der Waals surface area contributed by atoms with Crippen molar-refractivity contribution >= 4 is 29.1 Å². The first kappa shape index (κ1) is 21.1. The van der Waals surface area contributed by atoms with Crippen molar-refractivity contribution in [2.45, 2.75) is 6.61 Å². The van der Waals surface area contributed by atoms with Gasteiger partial charge in [0.05, 0.1) is 12.0 Å². The highest BCUT2D eigenvalue weighted by atomic mass is 35.5. The Morgan fingerprint density at radius 2 is 1.80 bits per heavy atom. The van der Waals surface area contributed by atoms with Crippen LogP contribution in [0.1, 0.15) is 21.5 Å². The third kappa shape index (κ3) is 5.24. The molecule has 0 spiro atoms. The normalized spacial score (nSPS) is 10.7. The summed E-state index contributed by atoms with van der Waals surface area (Å²) < 4.78 is 11.0. The topological polar surface area (TPSA) is 78.7 Å². The van der Waals surface area contributed by atoms with Gasteiger partial charge in [-0.25, -0.2) is 0 Å². The van der Waals surface area contributed by atoms with E-state index in [0.29, 0.717) is 21.9 Å². The predicted molar refractivity (Wildman–Crippen MR) is 115 cm³/mol. The maximum Gasteiger partial charge on any atom is 0.310 e. The van der Waals surface area contributed by atoms with Gasteiger partial charge in [0, 0.05) is 22.2 Å². The number of halogens is 1. The van der Waals surface area contributed by atoms with E-state index in [1.54, 1.807) is 66.7 Å². The van der Waals surface area contributed by atoms with E-state index in [-0.39, 0.29) is 23.8 Å². The predicted octanol–water partition coefficient (Wildman–Crippen LogP) is 5.73. The molecule has 3 aromatic rings. The van der Waals surface area contributed by atoms with Crippen LogP contribution in [0.5, 0.6) is 11.5 Å². The molecule has 7 heteroatoms. The van der Waals surface area contributed by atoms with Crippen LogP contribution in [0.2, 0.25) is 5.02 Å². The molecule has 30 heavy (non-hydrogen) atoms. The van der Waals surface area contributed by atoms with E-state index in [4.69, 9.17) is 21.1 Å². The van der Waals surface area contributed by atoms with Gasteiger partial charge in [0.1, 0.15) is 12.4 Å². The van der Waals surface area contributed by atoms with Crippen LogP contribution in [-0.2, 0) is 6.61 Å². The zero-order valence-corrected chi connectivity index (χ0v) is 16.8. The number of para-hydroxylation sites is 2. The Hall–Kier alpha value is -3.64. The van der Waals surface area contributed by atoms with E-state index >= 15 is 0 Å². The summed E-state index contributed by atoms with van der Waals surface area (Å²) in [7, 11) is 1.53. The number of allylic oxidation sites excluding steroid dienone is 1. The largest absolute Gasteiger partial charge is 0.496 e. The average Bonchev–Trinajstić information content (AvgIpc) is 2.76. The zero-order valence-electron chi connectivity index (χ0n) is 16.1. The van der Waals surface area contributed by atoms with Gasteiger partial charge in [-0.1, -0.05) is 35.9 Å². The first-order valence-electron chi connectivity index (χ1n) is 8.99. The minimum atomic E-state index is -0.492. The Labute approximate surface area is 178 Å². The van der Waals surface area contributed by atoms with Gasteiger partial charge in [0.25, 0.3) is 0 Å². The van der Waals surface area contributed by atoms with Gasteiger partial charge in [-0.15, -0.1) is 0 Å². The second-order valence-electron chi connectivity index (χ2n) is 6.29. The number of rotatable bonds is 8. The van der Waals surface area contributed by atoms with E-state index in [2.05, 4.69) is 0 Å². The molecule has 0 fully saturated rings. The quantitative estimate of drug-likeness (QED) is 0.200. The van der Waals surface area contributed by atoms with Crippen LogP contribution < -0.4 is 9.47 Å². The molecule has 0 heterocycles. The molecule has 6 nitrogen and oxygen atoms in total. The van der Waals surface area contributed by atoms with Crippen LogP contribution in [0.15, 0.2) is 72.8 Å². The highest BCUT2D eigenvalue weighted by Crippen LogP contribution is 2.28. The summed E-state index contributed by atoms with van der Waals surface area (Å²) >= 11 is 5.85. The third-order valence-corrected chi connectivity index (χ3v) is 4.56. The third-order valence-electron chi connectivity index (χ3n) is 4.31. The number of carbonyl (C=O) groups is 1. The maximum absolute atomic E-state index is 12.3. The summed E-state index contributed by atoms with van der Waals surface area (Å²) in [4.78, 5) is 23.0. The Bertz CT molecular complexity index is 1090. The number of nitro benzene ring substituents is 1. The van der Waals surface area contributed by atoms with Crippen molar-refractivity contribution in [3.63, 3.8) is 0 Å². The molecule has 0 atom stereocenters. The lowest BCUT2D eigenvalue weighted by molar-refractivity contribution is -0.385.